The van der Waals surface area contributed by atoms with E-state index in [0.29, 0.717) is 48.0 Å². The first kappa shape index (κ1) is 18.5. The molecule has 0 unspecified atom stereocenters. The van der Waals surface area contributed by atoms with Crippen LogP contribution in [0.15, 0.2) is 30.5 Å². The van der Waals surface area contributed by atoms with E-state index in [4.69, 9.17) is 23.2 Å². The summed E-state index contributed by atoms with van der Waals surface area (Å²) in [6, 6.07) is 6.49. The number of ketones is 1. The van der Waals surface area contributed by atoms with E-state index in [1.54, 1.807) is 34.1 Å². The summed E-state index contributed by atoms with van der Waals surface area (Å²) in [4.78, 5) is 42.6. The number of carbonyl (C=O) groups is 3. The van der Waals surface area contributed by atoms with Gasteiger partial charge in [-0.1, -0.05) is 29.3 Å². The third-order valence-electron chi connectivity index (χ3n) is 4.36. The molecule has 1 aliphatic rings. The first-order valence-electron chi connectivity index (χ1n) is 8.10. The Labute approximate surface area is 160 Å². The lowest BCUT2D eigenvalue weighted by Crippen LogP contribution is -2.50. The molecule has 136 valence electrons. The van der Waals surface area contributed by atoms with Crippen LogP contribution in [-0.4, -0.2) is 58.6 Å². The van der Waals surface area contributed by atoms with Crippen molar-refractivity contribution in [1.82, 2.24) is 14.8 Å². The molecular formula is C18H17Cl2N3O3. The van der Waals surface area contributed by atoms with Gasteiger partial charge in [-0.15, -0.1) is 0 Å². The van der Waals surface area contributed by atoms with E-state index < -0.39 is 0 Å². The number of nitrogens with one attached hydrogen (secondary N) is 1. The minimum absolute atomic E-state index is 0.103. The maximum Gasteiger partial charge on any atom is 0.270 e. The fraction of sp³-hybridized carbons (Fsp3) is 0.278. The second-order valence-electron chi connectivity index (χ2n) is 6.04. The van der Waals surface area contributed by atoms with Gasteiger partial charge in [0.2, 0.25) is 0 Å². The summed E-state index contributed by atoms with van der Waals surface area (Å²) in [6.45, 7) is 3.04. The Morgan fingerprint density at radius 2 is 1.62 bits per heavy atom. The highest BCUT2D eigenvalue weighted by atomic mass is 35.5. The number of amides is 2. The monoisotopic (exact) mass is 393 g/mol. The third kappa shape index (κ3) is 3.61. The number of aromatic amines is 1. The van der Waals surface area contributed by atoms with Crippen LogP contribution in [0.5, 0.6) is 0 Å². The summed E-state index contributed by atoms with van der Waals surface area (Å²) in [5, 5.41) is 0.570. The van der Waals surface area contributed by atoms with Gasteiger partial charge < -0.3 is 14.8 Å². The van der Waals surface area contributed by atoms with E-state index in [9.17, 15) is 14.4 Å². The van der Waals surface area contributed by atoms with E-state index in [-0.39, 0.29) is 22.6 Å². The van der Waals surface area contributed by atoms with Crippen LogP contribution in [0.1, 0.15) is 38.1 Å². The zero-order chi connectivity index (χ0) is 18.8. The minimum atomic E-state index is -0.205. The maximum absolute atomic E-state index is 12.6. The SMILES string of the molecule is CC(=O)c1c[nH]c(C(=O)N2CCN(C(=O)c3cccc(Cl)c3Cl)CC2)c1. The second-order valence-corrected chi connectivity index (χ2v) is 6.83. The molecule has 3 rings (SSSR count). The topological polar surface area (TPSA) is 73.5 Å². The Morgan fingerprint density at radius 1 is 1.00 bits per heavy atom. The van der Waals surface area contributed by atoms with E-state index >= 15 is 0 Å². The standard InChI is InChI=1S/C18H17Cl2N3O3/c1-11(24)12-9-15(21-10-12)18(26)23-7-5-22(6-8-23)17(25)13-3-2-4-14(19)16(13)20/h2-4,9-10,21H,5-8H2,1H3. The zero-order valence-electron chi connectivity index (χ0n) is 14.1. The van der Waals surface area contributed by atoms with Crippen molar-refractivity contribution in [3.05, 3.63) is 57.3 Å². The van der Waals surface area contributed by atoms with E-state index in [1.165, 1.54) is 13.1 Å². The van der Waals surface area contributed by atoms with Crippen LogP contribution < -0.4 is 0 Å². The number of nitrogens with zero attached hydrogens (tertiary/aromatic N) is 2. The number of halogens is 2. The van der Waals surface area contributed by atoms with Crippen molar-refractivity contribution in [3.63, 3.8) is 0 Å². The van der Waals surface area contributed by atoms with Crippen molar-refractivity contribution in [2.45, 2.75) is 6.92 Å². The smallest absolute Gasteiger partial charge is 0.270 e. The van der Waals surface area contributed by atoms with Crippen LogP contribution in [0.4, 0.5) is 0 Å². The zero-order valence-corrected chi connectivity index (χ0v) is 15.6. The number of hydrogen-bond donors (Lipinski definition) is 1. The van der Waals surface area contributed by atoms with Crippen LogP contribution in [0.2, 0.25) is 10.0 Å². The lowest BCUT2D eigenvalue weighted by atomic mass is 10.1. The second kappa shape index (κ2) is 7.51. The van der Waals surface area contributed by atoms with Gasteiger partial charge in [0.1, 0.15) is 5.69 Å². The van der Waals surface area contributed by atoms with Crippen LogP contribution in [0.25, 0.3) is 0 Å². The predicted octanol–water partition coefficient (Wildman–Crippen LogP) is 3.12. The summed E-state index contributed by atoms with van der Waals surface area (Å²) in [7, 11) is 0. The van der Waals surface area contributed by atoms with Crippen LogP contribution >= 0.6 is 23.2 Å². The molecule has 8 heteroatoms. The Balaban J connectivity index is 1.65. The Kier molecular flexibility index (Phi) is 5.34. The molecule has 1 aromatic heterocycles. The number of piperazine rings is 1. The first-order valence-corrected chi connectivity index (χ1v) is 8.86. The molecular weight excluding hydrogens is 377 g/mol. The van der Waals surface area contributed by atoms with Gasteiger partial charge in [-0.2, -0.15) is 0 Å². The fourth-order valence-electron chi connectivity index (χ4n) is 2.84. The molecule has 1 aliphatic heterocycles. The van der Waals surface area contributed by atoms with Gasteiger partial charge in [-0.25, -0.2) is 0 Å². The van der Waals surface area contributed by atoms with Crippen molar-refractivity contribution in [1.29, 1.82) is 0 Å². The number of hydrogen-bond acceptors (Lipinski definition) is 3. The molecule has 2 aromatic rings. The summed E-state index contributed by atoms with van der Waals surface area (Å²) >= 11 is 12.1. The number of benzene rings is 1. The molecule has 2 heterocycles. The van der Waals surface area contributed by atoms with E-state index in [2.05, 4.69) is 4.98 Å². The van der Waals surface area contributed by atoms with Crippen molar-refractivity contribution in [2.75, 3.05) is 26.2 Å². The molecule has 0 atom stereocenters. The lowest BCUT2D eigenvalue weighted by molar-refractivity contribution is 0.0533. The average Bonchev–Trinajstić information content (AvgIpc) is 3.13. The minimum Gasteiger partial charge on any atom is -0.356 e. The van der Waals surface area contributed by atoms with Crippen molar-refractivity contribution in [3.8, 4) is 0 Å². The van der Waals surface area contributed by atoms with Gasteiger partial charge in [0, 0.05) is 37.9 Å². The number of aromatic nitrogens is 1. The maximum atomic E-state index is 12.6. The number of H-pyrrole nitrogens is 1. The molecule has 1 saturated heterocycles. The molecule has 2 amide bonds. The molecule has 26 heavy (non-hydrogen) atoms. The average molecular weight is 394 g/mol. The summed E-state index contributed by atoms with van der Waals surface area (Å²) in [5.41, 5.74) is 1.19. The van der Waals surface area contributed by atoms with E-state index in [1.807, 2.05) is 0 Å². The molecule has 0 bridgehead atoms. The molecule has 0 aliphatic carbocycles. The van der Waals surface area contributed by atoms with Crippen LogP contribution in [-0.2, 0) is 0 Å². The van der Waals surface area contributed by atoms with Gasteiger partial charge in [0.15, 0.2) is 5.78 Å². The Hall–Kier alpha value is -2.31. The summed E-state index contributed by atoms with van der Waals surface area (Å²) in [5.74, 6) is -0.497. The molecule has 0 saturated carbocycles. The van der Waals surface area contributed by atoms with Crippen molar-refractivity contribution in [2.24, 2.45) is 0 Å². The van der Waals surface area contributed by atoms with Gasteiger partial charge in [-0.3, -0.25) is 14.4 Å². The fourth-order valence-corrected chi connectivity index (χ4v) is 3.22. The Bertz CT molecular complexity index is 870. The number of rotatable bonds is 3. The summed E-state index contributed by atoms with van der Waals surface area (Å²) in [6.07, 6.45) is 1.52. The summed E-state index contributed by atoms with van der Waals surface area (Å²) < 4.78 is 0. The number of Topliss-reactive ketones (excluding diaryl/α,β-unsaturated/α-hetero) is 1. The number of carbonyl (C=O) groups excluding carboxylic acids is 3. The highest BCUT2D eigenvalue weighted by Crippen LogP contribution is 2.26. The van der Waals surface area contributed by atoms with Gasteiger partial charge in [0.25, 0.3) is 11.8 Å². The molecule has 1 fully saturated rings. The quantitative estimate of drug-likeness (QED) is 0.813. The van der Waals surface area contributed by atoms with E-state index in [0.717, 1.165) is 0 Å². The third-order valence-corrected chi connectivity index (χ3v) is 5.17. The lowest BCUT2D eigenvalue weighted by Gasteiger charge is -2.34. The van der Waals surface area contributed by atoms with Crippen molar-refractivity contribution < 1.29 is 14.4 Å². The van der Waals surface area contributed by atoms with Gasteiger partial charge in [0.05, 0.1) is 15.6 Å². The Morgan fingerprint density at radius 3 is 2.19 bits per heavy atom. The molecule has 1 N–H and O–H groups in total. The van der Waals surface area contributed by atoms with Gasteiger partial charge >= 0.3 is 0 Å². The molecule has 6 nitrogen and oxygen atoms in total. The predicted molar refractivity (Wildman–Crippen MR) is 99.1 cm³/mol. The molecule has 0 spiro atoms. The molecule has 0 radical (unpaired) electrons. The van der Waals surface area contributed by atoms with Crippen molar-refractivity contribution >= 4 is 40.8 Å². The highest BCUT2D eigenvalue weighted by molar-refractivity contribution is 6.43. The highest BCUT2D eigenvalue weighted by Gasteiger charge is 2.27. The normalized spacial score (nSPS) is 14.4. The molecule has 1 aromatic carbocycles. The largest absolute Gasteiger partial charge is 0.356 e. The van der Waals surface area contributed by atoms with Gasteiger partial charge in [-0.05, 0) is 25.1 Å². The van der Waals surface area contributed by atoms with Crippen LogP contribution in [0.3, 0.4) is 0 Å². The van der Waals surface area contributed by atoms with Crippen LogP contribution in [0, 0.1) is 0 Å². The first-order chi connectivity index (χ1) is 12.4.